The molecule has 3 rings (SSSR count). The van der Waals surface area contributed by atoms with Crippen LogP contribution in [0.2, 0.25) is 10.0 Å². The quantitative estimate of drug-likeness (QED) is 0.327. The van der Waals surface area contributed by atoms with Crippen LogP contribution >= 0.6 is 23.2 Å². The van der Waals surface area contributed by atoms with Crippen molar-refractivity contribution in [3.8, 4) is 11.8 Å². The predicted molar refractivity (Wildman–Crippen MR) is 130 cm³/mol. The maximum atomic E-state index is 12.6. The lowest BCUT2D eigenvalue weighted by Gasteiger charge is -2.11. The van der Waals surface area contributed by atoms with Gasteiger partial charge in [0.2, 0.25) is 0 Å². The molecule has 0 bridgehead atoms. The van der Waals surface area contributed by atoms with Crippen molar-refractivity contribution in [2.24, 2.45) is 0 Å². The minimum Gasteiger partial charge on any atom is -0.483 e. The van der Waals surface area contributed by atoms with E-state index in [2.05, 4.69) is 10.6 Å². The molecule has 33 heavy (non-hydrogen) atoms. The predicted octanol–water partition coefficient (Wildman–Crippen LogP) is 5.87. The van der Waals surface area contributed by atoms with Gasteiger partial charge in [-0.05, 0) is 67.6 Å². The van der Waals surface area contributed by atoms with Crippen molar-refractivity contribution >= 4 is 52.5 Å². The highest BCUT2D eigenvalue weighted by atomic mass is 35.5. The maximum absolute atomic E-state index is 12.6. The third-order valence-corrected chi connectivity index (χ3v) is 4.92. The van der Waals surface area contributed by atoms with E-state index in [1.807, 2.05) is 25.1 Å². The molecule has 0 aliphatic carbocycles. The minimum atomic E-state index is -0.576. The molecule has 2 N–H and O–H groups in total. The van der Waals surface area contributed by atoms with Crippen LogP contribution in [-0.2, 0) is 9.59 Å². The largest absolute Gasteiger partial charge is 0.483 e. The molecule has 0 spiro atoms. The number of hydrogen-bond donors (Lipinski definition) is 2. The minimum absolute atomic E-state index is 0.145. The van der Waals surface area contributed by atoms with Gasteiger partial charge in [0.15, 0.2) is 6.61 Å². The first-order chi connectivity index (χ1) is 15.8. The Hall–Kier alpha value is -3.79. The van der Waals surface area contributed by atoms with E-state index in [-0.39, 0.29) is 18.1 Å². The Balaban J connectivity index is 1.73. The Labute approximate surface area is 201 Å². The molecule has 0 radical (unpaired) electrons. The molecule has 8 heteroatoms. The van der Waals surface area contributed by atoms with Gasteiger partial charge in [0, 0.05) is 27.0 Å². The number of carbonyl (C=O) groups excluding carboxylic acids is 2. The summed E-state index contributed by atoms with van der Waals surface area (Å²) in [5, 5.41) is 15.8. The Morgan fingerprint density at radius 2 is 1.55 bits per heavy atom. The summed E-state index contributed by atoms with van der Waals surface area (Å²) in [7, 11) is 0. The lowest BCUT2D eigenvalue weighted by atomic mass is 10.1. The SMILES string of the molecule is Cc1ccc(NC(=O)/C(C#N)=C/c2cc(Cl)ccc2OCC(=O)Nc2ccc(Cl)cc2)cc1. The van der Waals surface area contributed by atoms with Crippen molar-refractivity contribution in [3.05, 3.63) is 93.5 Å². The second-order valence-corrected chi connectivity index (χ2v) is 7.89. The van der Waals surface area contributed by atoms with Crippen molar-refractivity contribution in [3.63, 3.8) is 0 Å². The normalized spacial score (nSPS) is 10.8. The first-order valence-corrected chi connectivity index (χ1v) is 10.6. The van der Waals surface area contributed by atoms with E-state index in [1.54, 1.807) is 54.6 Å². The van der Waals surface area contributed by atoms with Gasteiger partial charge in [-0.3, -0.25) is 9.59 Å². The second-order valence-electron chi connectivity index (χ2n) is 7.02. The number of rotatable bonds is 7. The highest BCUT2D eigenvalue weighted by Gasteiger charge is 2.13. The number of nitrogens with one attached hydrogen (secondary N) is 2. The Kier molecular flexibility index (Phi) is 8.09. The summed E-state index contributed by atoms with van der Waals surface area (Å²) in [6.07, 6.45) is 1.36. The molecule has 0 aliphatic rings. The fraction of sp³-hybridized carbons (Fsp3) is 0.0800. The number of anilines is 2. The monoisotopic (exact) mass is 479 g/mol. The van der Waals surface area contributed by atoms with Crippen LogP contribution in [0.3, 0.4) is 0 Å². The highest BCUT2D eigenvalue weighted by molar-refractivity contribution is 6.31. The fourth-order valence-electron chi connectivity index (χ4n) is 2.78. The summed E-state index contributed by atoms with van der Waals surface area (Å²) < 4.78 is 5.62. The molecule has 6 nitrogen and oxygen atoms in total. The lowest BCUT2D eigenvalue weighted by Crippen LogP contribution is -2.20. The zero-order valence-corrected chi connectivity index (χ0v) is 19.1. The van der Waals surface area contributed by atoms with Crippen LogP contribution in [-0.4, -0.2) is 18.4 Å². The van der Waals surface area contributed by atoms with E-state index in [0.29, 0.717) is 32.7 Å². The molecule has 3 aromatic carbocycles. The summed E-state index contributed by atoms with van der Waals surface area (Å²) in [5.74, 6) is -0.672. The number of hydrogen-bond acceptors (Lipinski definition) is 4. The van der Waals surface area contributed by atoms with Gasteiger partial charge in [0.05, 0.1) is 0 Å². The van der Waals surface area contributed by atoms with E-state index in [0.717, 1.165) is 5.56 Å². The van der Waals surface area contributed by atoms with E-state index >= 15 is 0 Å². The number of nitrogens with zero attached hydrogens (tertiary/aromatic N) is 1. The highest BCUT2D eigenvalue weighted by Crippen LogP contribution is 2.26. The molecule has 0 fully saturated rings. The van der Waals surface area contributed by atoms with Gasteiger partial charge in [-0.2, -0.15) is 5.26 Å². The molecule has 0 atom stereocenters. The van der Waals surface area contributed by atoms with Crippen molar-refractivity contribution in [1.29, 1.82) is 5.26 Å². The molecule has 3 aromatic rings. The fourth-order valence-corrected chi connectivity index (χ4v) is 3.08. The van der Waals surface area contributed by atoms with Crippen LogP contribution in [0.4, 0.5) is 11.4 Å². The van der Waals surface area contributed by atoms with Gasteiger partial charge in [-0.25, -0.2) is 0 Å². The number of aryl methyl sites for hydroxylation is 1. The van der Waals surface area contributed by atoms with Crippen LogP contribution in [0.25, 0.3) is 6.08 Å². The number of ether oxygens (including phenoxy) is 1. The summed E-state index contributed by atoms with van der Waals surface area (Å²) in [6.45, 7) is 1.64. The van der Waals surface area contributed by atoms with Crippen molar-refractivity contribution in [2.75, 3.05) is 17.2 Å². The molecule has 0 heterocycles. The summed E-state index contributed by atoms with van der Waals surface area (Å²) in [6, 6.07) is 20.4. The number of halogens is 2. The van der Waals surface area contributed by atoms with E-state index in [4.69, 9.17) is 27.9 Å². The second kappa shape index (κ2) is 11.2. The first-order valence-electron chi connectivity index (χ1n) is 9.81. The van der Waals surface area contributed by atoms with Crippen LogP contribution in [0.15, 0.2) is 72.3 Å². The molecule has 0 aromatic heterocycles. The third kappa shape index (κ3) is 7.11. The zero-order valence-electron chi connectivity index (χ0n) is 17.6. The zero-order chi connectivity index (χ0) is 23.8. The van der Waals surface area contributed by atoms with Crippen molar-refractivity contribution in [1.82, 2.24) is 0 Å². The number of nitriles is 1. The van der Waals surface area contributed by atoms with Gasteiger partial charge in [-0.1, -0.05) is 40.9 Å². The molecular formula is C25H19Cl2N3O3. The Bertz CT molecular complexity index is 1230. The summed E-state index contributed by atoms with van der Waals surface area (Å²) >= 11 is 11.9. The molecule has 166 valence electrons. The maximum Gasteiger partial charge on any atom is 0.266 e. The Morgan fingerprint density at radius 1 is 0.939 bits per heavy atom. The van der Waals surface area contributed by atoms with Crippen LogP contribution < -0.4 is 15.4 Å². The summed E-state index contributed by atoms with van der Waals surface area (Å²) in [4.78, 5) is 24.8. The number of amides is 2. The van der Waals surface area contributed by atoms with Gasteiger partial charge in [-0.15, -0.1) is 0 Å². The van der Waals surface area contributed by atoms with E-state index in [1.165, 1.54) is 6.08 Å². The summed E-state index contributed by atoms with van der Waals surface area (Å²) in [5.41, 5.74) is 2.42. The third-order valence-electron chi connectivity index (χ3n) is 4.43. The van der Waals surface area contributed by atoms with E-state index in [9.17, 15) is 14.9 Å². The Morgan fingerprint density at radius 3 is 2.21 bits per heavy atom. The van der Waals surface area contributed by atoms with Crippen LogP contribution in [0.1, 0.15) is 11.1 Å². The van der Waals surface area contributed by atoms with Crippen LogP contribution in [0.5, 0.6) is 5.75 Å². The topological polar surface area (TPSA) is 91.2 Å². The smallest absolute Gasteiger partial charge is 0.266 e. The average molecular weight is 480 g/mol. The lowest BCUT2D eigenvalue weighted by molar-refractivity contribution is -0.118. The molecule has 0 saturated heterocycles. The van der Waals surface area contributed by atoms with Crippen LogP contribution in [0, 0.1) is 18.3 Å². The van der Waals surface area contributed by atoms with Gasteiger partial charge < -0.3 is 15.4 Å². The van der Waals surface area contributed by atoms with Crippen molar-refractivity contribution < 1.29 is 14.3 Å². The average Bonchev–Trinajstić information content (AvgIpc) is 2.79. The first kappa shape index (κ1) is 23.9. The molecular weight excluding hydrogens is 461 g/mol. The van der Waals surface area contributed by atoms with Crippen molar-refractivity contribution in [2.45, 2.75) is 6.92 Å². The molecule has 0 saturated carbocycles. The number of benzene rings is 3. The van der Waals surface area contributed by atoms with E-state index < -0.39 is 5.91 Å². The number of carbonyl (C=O) groups is 2. The molecule has 0 aliphatic heterocycles. The standard InChI is InChI=1S/C25H19Cl2N3O3/c1-16-2-7-22(8-3-16)30-25(32)18(14-28)12-17-13-20(27)6-11-23(17)33-15-24(31)29-21-9-4-19(26)5-10-21/h2-13H,15H2,1H3,(H,29,31)(H,30,32)/b18-12+. The molecule has 2 amide bonds. The van der Waals surface area contributed by atoms with Gasteiger partial charge >= 0.3 is 0 Å². The van der Waals surface area contributed by atoms with Gasteiger partial charge in [0.25, 0.3) is 11.8 Å². The van der Waals surface area contributed by atoms with Gasteiger partial charge in [0.1, 0.15) is 17.4 Å². The molecule has 0 unspecified atom stereocenters.